The summed E-state index contributed by atoms with van der Waals surface area (Å²) >= 11 is 5.38. The van der Waals surface area contributed by atoms with Crippen molar-refractivity contribution in [1.82, 2.24) is 25.0 Å². The van der Waals surface area contributed by atoms with Gasteiger partial charge in [0.2, 0.25) is 5.91 Å². The number of carbonyl (C=O) groups excluding carboxylic acids is 1. The van der Waals surface area contributed by atoms with Crippen molar-refractivity contribution < 1.29 is 4.79 Å². The Bertz CT molecular complexity index is 1110. The fourth-order valence-electron chi connectivity index (χ4n) is 4.19. The first-order chi connectivity index (χ1) is 16.0. The third kappa shape index (κ3) is 6.39. The number of benzene rings is 2. The molecule has 1 aromatic heterocycles. The summed E-state index contributed by atoms with van der Waals surface area (Å²) in [5.74, 6) is 1.61. The molecule has 0 radical (unpaired) electrons. The van der Waals surface area contributed by atoms with Crippen LogP contribution in [0.1, 0.15) is 42.9 Å². The molecule has 2 aromatic carbocycles. The number of amides is 1. The molecule has 1 saturated heterocycles. The van der Waals surface area contributed by atoms with Crippen molar-refractivity contribution in [3.63, 3.8) is 0 Å². The zero-order valence-electron chi connectivity index (χ0n) is 19.5. The summed E-state index contributed by atoms with van der Waals surface area (Å²) in [7, 11) is 0. The lowest BCUT2D eigenvalue weighted by Gasteiger charge is -2.30. The fraction of sp³-hybridized carbons (Fsp3) is 0.423. The number of H-pyrrole nitrogens is 1. The molecule has 0 spiro atoms. The van der Waals surface area contributed by atoms with Crippen LogP contribution in [-0.4, -0.2) is 38.7 Å². The lowest BCUT2D eigenvalue weighted by molar-refractivity contribution is -0.121. The lowest BCUT2D eigenvalue weighted by atomic mass is 9.99. The lowest BCUT2D eigenvalue weighted by Crippen LogP contribution is -2.32. The van der Waals surface area contributed by atoms with Crippen LogP contribution in [0.3, 0.4) is 0 Å². The van der Waals surface area contributed by atoms with Crippen molar-refractivity contribution in [3.8, 4) is 11.4 Å². The van der Waals surface area contributed by atoms with Crippen LogP contribution in [0.25, 0.3) is 11.4 Å². The van der Waals surface area contributed by atoms with Gasteiger partial charge >= 0.3 is 0 Å². The van der Waals surface area contributed by atoms with Gasteiger partial charge in [-0.1, -0.05) is 61.0 Å². The third-order valence-electron chi connectivity index (χ3n) is 6.43. The van der Waals surface area contributed by atoms with Crippen LogP contribution in [0.5, 0.6) is 0 Å². The molecule has 6 nitrogen and oxygen atoms in total. The highest BCUT2D eigenvalue weighted by atomic mass is 32.1. The van der Waals surface area contributed by atoms with Gasteiger partial charge in [0.05, 0.1) is 0 Å². The highest BCUT2D eigenvalue weighted by Gasteiger charge is 2.15. The quantitative estimate of drug-likeness (QED) is 0.469. The number of rotatable bonds is 8. The first kappa shape index (κ1) is 23.4. The summed E-state index contributed by atoms with van der Waals surface area (Å²) < 4.78 is 2.41. The van der Waals surface area contributed by atoms with Crippen LogP contribution >= 0.6 is 12.2 Å². The molecule has 7 heteroatoms. The van der Waals surface area contributed by atoms with E-state index in [9.17, 15) is 4.79 Å². The Balaban J connectivity index is 1.26. The minimum absolute atomic E-state index is 0.000491. The largest absolute Gasteiger partial charge is 0.352 e. The molecular formula is C26H33N5OS. The molecule has 0 aliphatic carbocycles. The van der Waals surface area contributed by atoms with E-state index >= 15 is 0 Å². The number of nitrogens with one attached hydrogen (secondary N) is 2. The highest BCUT2D eigenvalue weighted by molar-refractivity contribution is 7.71. The van der Waals surface area contributed by atoms with Crippen molar-refractivity contribution in [3.05, 3.63) is 70.0 Å². The van der Waals surface area contributed by atoms with Gasteiger partial charge in [-0.25, -0.2) is 0 Å². The van der Waals surface area contributed by atoms with E-state index in [2.05, 4.69) is 51.6 Å². The van der Waals surface area contributed by atoms with Gasteiger partial charge in [0.1, 0.15) is 0 Å². The van der Waals surface area contributed by atoms with Crippen molar-refractivity contribution in [2.24, 2.45) is 5.92 Å². The molecule has 0 unspecified atom stereocenters. The predicted octanol–water partition coefficient (Wildman–Crippen LogP) is 4.85. The molecule has 2 N–H and O–H groups in total. The molecule has 3 aromatic rings. The molecule has 33 heavy (non-hydrogen) atoms. The van der Waals surface area contributed by atoms with Crippen LogP contribution < -0.4 is 5.32 Å². The second-order valence-corrected chi connectivity index (χ2v) is 9.56. The summed E-state index contributed by atoms with van der Waals surface area (Å²) in [6.45, 7) is 8.78. The van der Waals surface area contributed by atoms with E-state index in [0.29, 0.717) is 24.3 Å². The van der Waals surface area contributed by atoms with Gasteiger partial charge in [0, 0.05) is 31.6 Å². The van der Waals surface area contributed by atoms with E-state index in [0.717, 1.165) is 29.4 Å². The first-order valence-electron chi connectivity index (χ1n) is 11.8. The predicted molar refractivity (Wildman–Crippen MR) is 134 cm³/mol. The number of aromatic nitrogens is 3. The monoisotopic (exact) mass is 463 g/mol. The van der Waals surface area contributed by atoms with Crippen molar-refractivity contribution in [1.29, 1.82) is 0 Å². The number of hydrogen-bond acceptors (Lipinski definition) is 4. The Morgan fingerprint density at radius 3 is 2.45 bits per heavy atom. The van der Waals surface area contributed by atoms with Gasteiger partial charge < -0.3 is 5.32 Å². The van der Waals surface area contributed by atoms with Crippen molar-refractivity contribution in [2.75, 3.05) is 13.1 Å². The van der Waals surface area contributed by atoms with Gasteiger partial charge in [-0.3, -0.25) is 19.4 Å². The van der Waals surface area contributed by atoms with Crippen LogP contribution in [-0.2, 0) is 24.4 Å². The average Bonchev–Trinajstić information content (AvgIpc) is 3.19. The summed E-state index contributed by atoms with van der Waals surface area (Å²) in [5.41, 5.74) is 4.61. The fourth-order valence-corrected chi connectivity index (χ4v) is 4.41. The van der Waals surface area contributed by atoms with Crippen LogP contribution in [0.15, 0.2) is 48.5 Å². The molecule has 1 aliphatic heterocycles. The molecule has 4 rings (SSSR count). The Morgan fingerprint density at radius 2 is 1.76 bits per heavy atom. The Labute approximate surface area is 201 Å². The first-order valence-corrected chi connectivity index (χ1v) is 12.2. The molecule has 1 amide bonds. The van der Waals surface area contributed by atoms with Gasteiger partial charge in [-0.15, -0.1) is 0 Å². The van der Waals surface area contributed by atoms with Gasteiger partial charge in [-0.05, 0) is 62.1 Å². The topological polar surface area (TPSA) is 66.0 Å². The molecule has 1 fully saturated rings. The van der Waals surface area contributed by atoms with Gasteiger partial charge in [0.25, 0.3) is 0 Å². The normalized spacial score (nSPS) is 15.0. The molecular weight excluding hydrogens is 430 g/mol. The Kier molecular flexibility index (Phi) is 7.73. The zero-order valence-corrected chi connectivity index (χ0v) is 20.3. The molecule has 0 atom stereocenters. The highest BCUT2D eigenvalue weighted by Crippen LogP contribution is 2.19. The molecule has 2 heterocycles. The molecule has 1 aliphatic rings. The van der Waals surface area contributed by atoms with E-state index in [1.165, 1.54) is 37.1 Å². The number of carbonyl (C=O) groups is 1. The van der Waals surface area contributed by atoms with E-state index in [1.54, 1.807) is 0 Å². The molecule has 0 saturated carbocycles. The number of likely N-dealkylation sites (tertiary alicyclic amines) is 1. The second-order valence-electron chi connectivity index (χ2n) is 9.17. The maximum atomic E-state index is 12.5. The van der Waals surface area contributed by atoms with E-state index in [-0.39, 0.29) is 5.91 Å². The summed E-state index contributed by atoms with van der Waals surface area (Å²) in [4.78, 5) is 15.0. The van der Waals surface area contributed by atoms with Crippen molar-refractivity contribution in [2.45, 2.75) is 52.7 Å². The Morgan fingerprint density at radius 1 is 1.09 bits per heavy atom. The average molecular weight is 464 g/mol. The zero-order chi connectivity index (χ0) is 23.2. The maximum Gasteiger partial charge on any atom is 0.222 e. The number of piperidine rings is 1. The van der Waals surface area contributed by atoms with Crippen LogP contribution in [0.2, 0.25) is 0 Å². The Hall–Kier alpha value is -2.77. The number of nitrogens with zero attached hydrogens (tertiary/aromatic N) is 3. The van der Waals surface area contributed by atoms with E-state index in [4.69, 9.17) is 12.2 Å². The standard InChI is InChI=1S/C26H33N5OS/c1-19-3-9-23(10-4-19)25-28-29-26(33)31(25)16-13-24(32)27-17-21-5-7-22(8-6-21)18-30-14-11-20(2)12-15-30/h3-10,20H,11-18H2,1-2H3,(H,27,32)(H,29,33). The van der Waals surface area contributed by atoms with Crippen molar-refractivity contribution >= 4 is 18.1 Å². The number of aromatic amines is 1. The van der Waals surface area contributed by atoms with Gasteiger partial charge in [-0.2, -0.15) is 5.10 Å². The number of hydrogen-bond donors (Lipinski definition) is 2. The minimum Gasteiger partial charge on any atom is -0.352 e. The van der Waals surface area contributed by atoms with Crippen LogP contribution in [0.4, 0.5) is 0 Å². The summed E-state index contributed by atoms with van der Waals surface area (Å²) in [5, 5.41) is 10.2. The van der Waals surface area contributed by atoms with E-state index < -0.39 is 0 Å². The molecule has 174 valence electrons. The minimum atomic E-state index is -0.000491. The second kappa shape index (κ2) is 10.9. The SMILES string of the molecule is Cc1ccc(-c2n[nH]c(=S)n2CCC(=O)NCc2ccc(CN3CCC(C)CC3)cc2)cc1. The van der Waals surface area contributed by atoms with Gasteiger partial charge in [0.15, 0.2) is 10.6 Å². The summed E-state index contributed by atoms with van der Waals surface area (Å²) in [6.07, 6.45) is 2.93. The molecule has 0 bridgehead atoms. The number of aryl methyl sites for hydroxylation is 1. The van der Waals surface area contributed by atoms with E-state index in [1.807, 2.05) is 35.8 Å². The smallest absolute Gasteiger partial charge is 0.222 e. The summed E-state index contributed by atoms with van der Waals surface area (Å²) in [6, 6.07) is 16.7. The van der Waals surface area contributed by atoms with Crippen LogP contribution in [0, 0.1) is 17.6 Å². The maximum absolute atomic E-state index is 12.5. The third-order valence-corrected chi connectivity index (χ3v) is 6.74.